The number of anilines is 4. The van der Waals surface area contributed by atoms with Gasteiger partial charge in [0.05, 0.1) is 11.5 Å². The lowest BCUT2D eigenvalue weighted by Gasteiger charge is -2.35. The van der Waals surface area contributed by atoms with E-state index in [-0.39, 0.29) is 29.8 Å². The summed E-state index contributed by atoms with van der Waals surface area (Å²) in [6.45, 7) is 2.19. The fourth-order valence-corrected chi connectivity index (χ4v) is 4.22. The first-order chi connectivity index (χ1) is 17.6. The minimum absolute atomic E-state index is 0.00539. The Labute approximate surface area is 207 Å². The lowest BCUT2D eigenvalue weighted by Crippen LogP contribution is -2.47. The van der Waals surface area contributed by atoms with Crippen LogP contribution < -0.4 is 20.4 Å². The number of carbonyl (C=O) groups excluding carboxylic acids is 1. The molecule has 0 spiro atoms. The number of benzene rings is 2. The van der Waals surface area contributed by atoms with Gasteiger partial charge in [0.25, 0.3) is 0 Å². The average Bonchev–Trinajstić information content (AvgIpc) is 2.92. The molecule has 0 saturated carbocycles. The van der Waals surface area contributed by atoms with E-state index >= 15 is 0 Å². The van der Waals surface area contributed by atoms with Crippen LogP contribution in [0.4, 0.5) is 28.8 Å². The van der Waals surface area contributed by atoms with Crippen molar-refractivity contribution < 1.29 is 9.72 Å². The Hall–Kier alpha value is -4.80. The number of hydrogen-bond acceptors (Lipinski definition) is 9. The summed E-state index contributed by atoms with van der Waals surface area (Å²) in [4.78, 5) is 40.6. The van der Waals surface area contributed by atoms with Gasteiger partial charge in [-0.05, 0) is 35.0 Å². The van der Waals surface area contributed by atoms with Gasteiger partial charge in [0, 0.05) is 38.1 Å². The summed E-state index contributed by atoms with van der Waals surface area (Å²) >= 11 is 0. The SMILES string of the molecule is O=C(CNc1ncnc(N2CCN(c3ccccn3)CC2)c1[N+](=O)[O-])Nc1ccc2ccccc2c1. The highest BCUT2D eigenvalue weighted by atomic mass is 16.6. The first-order valence-electron chi connectivity index (χ1n) is 11.5. The van der Waals surface area contributed by atoms with E-state index in [0.29, 0.717) is 31.9 Å². The van der Waals surface area contributed by atoms with Crippen LogP contribution in [-0.4, -0.2) is 58.5 Å². The van der Waals surface area contributed by atoms with Gasteiger partial charge in [-0.15, -0.1) is 0 Å². The minimum Gasteiger partial charge on any atom is -0.355 e. The van der Waals surface area contributed by atoms with Gasteiger partial charge < -0.3 is 20.4 Å². The number of nitrogens with zero attached hydrogens (tertiary/aromatic N) is 6. The summed E-state index contributed by atoms with van der Waals surface area (Å²) in [5, 5.41) is 19.7. The van der Waals surface area contributed by atoms with Crippen LogP contribution in [0.5, 0.6) is 0 Å². The molecule has 11 heteroatoms. The van der Waals surface area contributed by atoms with Crippen molar-refractivity contribution in [1.82, 2.24) is 15.0 Å². The number of amides is 1. The Kier molecular flexibility index (Phi) is 6.52. The molecular formula is C25H24N8O3. The molecular weight excluding hydrogens is 460 g/mol. The van der Waals surface area contributed by atoms with Gasteiger partial charge in [-0.2, -0.15) is 0 Å². The zero-order valence-electron chi connectivity index (χ0n) is 19.4. The Bertz CT molecular complexity index is 1390. The Morgan fingerprint density at radius 3 is 2.42 bits per heavy atom. The molecule has 2 N–H and O–H groups in total. The fourth-order valence-electron chi connectivity index (χ4n) is 4.22. The maximum atomic E-state index is 12.6. The number of fused-ring (bicyclic) bond motifs is 1. The van der Waals surface area contributed by atoms with Crippen molar-refractivity contribution in [2.45, 2.75) is 0 Å². The third-order valence-corrected chi connectivity index (χ3v) is 5.99. The van der Waals surface area contributed by atoms with Gasteiger partial charge in [-0.1, -0.05) is 36.4 Å². The zero-order chi connectivity index (χ0) is 24.9. The largest absolute Gasteiger partial charge is 0.355 e. The second kappa shape index (κ2) is 10.2. The summed E-state index contributed by atoms with van der Waals surface area (Å²) in [6, 6.07) is 19.2. The van der Waals surface area contributed by atoms with E-state index in [1.807, 2.05) is 65.6 Å². The van der Waals surface area contributed by atoms with E-state index in [9.17, 15) is 14.9 Å². The Balaban J connectivity index is 1.26. The molecule has 0 unspecified atom stereocenters. The Morgan fingerprint density at radius 2 is 1.67 bits per heavy atom. The average molecular weight is 485 g/mol. The van der Waals surface area contributed by atoms with Crippen LogP contribution in [0.15, 0.2) is 73.2 Å². The van der Waals surface area contributed by atoms with Gasteiger partial charge in [0.15, 0.2) is 0 Å². The fraction of sp³-hybridized carbons (Fsp3) is 0.200. The Morgan fingerprint density at radius 1 is 0.917 bits per heavy atom. The lowest BCUT2D eigenvalue weighted by atomic mass is 10.1. The first-order valence-corrected chi connectivity index (χ1v) is 11.5. The number of carbonyl (C=O) groups is 1. The topological polar surface area (TPSA) is 129 Å². The van der Waals surface area contributed by atoms with E-state index in [0.717, 1.165) is 16.6 Å². The summed E-state index contributed by atoms with van der Waals surface area (Å²) < 4.78 is 0. The number of aromatic nitrogens is 3. The number of nitro groups is 1. The second-order valence-corrected chi connectivity index (χ2v) is 8.28. The molecule has 4 aromatic rings. The van der Waals surface area contributed by atoms with Crippen molar-refractivity contribution in [3.63, 3.8) is 0 Å². The van der Waals surface area contributed by atoms with Crippen LogP contribution in [-0.2, 0) is 4.79 Å². The van der Waals surface area contributed by atoms with E-state index in [1.54, 1.807) is 6.20 Å². The van der Waals surface area contributed by atoms with E-state index in [1.165, 1.54) is 6.33 Å². The summed E-state index contributed by atoms with van der Waals surface area (Å²) in [6.07, 6.45) is 3.02. The molecule has 1 aliphatic heterocycles. The van der Waals surface area contributed by atoms with Gasteiger partial charge in [-0.3, -0.25) is 14.9 Å². The number of hydrogen-bond donors (Lipinski definition) is 2. The molecule has 1 aliphatic rings. The van der Waals surface area contributed by atoms with Crippen LogP contribution in [0.25, 0.3) is 10.8 Å². The number of piperazine rings is 1. The van der Waals surface area contributed by atoms with Crippen molar-refractivity contribution in [3.8, 4) is 0 Å². The third-order valence-electron chi connectivity index (χ3n) is 5.99. The number of rotatable bonds is 7. The van der Waals surface area contributed by atoms with Crippen molar-refractivity contribution in [2.75, 3.05) is 53.2 Å². The molecule has 182 valence electrons. The van der Waals surface area contributed by atoms with Gasteiger partial charge in [0.1, 0.15) is 12.1 Å². The minimum atomic E-state index is -0.510. The van der Waals surface area contributed by atoms with Crippen LogP contribution >= 0.6 is 0 Å². The maximum Gasteiger partial charge on any atom is 0.353 e. The highest BCUT2D eigenvalue weighted by molar-refractivity contribution is 5.96. The standard InChI is InChI=1S/C25H24N8O3/c34-22(30-20-9-8-18-5-1-2-6-19(18)15-20)16-27-24-23(33(35)36)25(29-17-28-24)32-13-11-31(12-14-32)21-7-3-4-10-26-21/h1-10,15,17H,11-14,16H2,(H,30,34)(H,27,28,29). The molecule has 2 aromatic heterocycles. The summed E-state index contributed by atoms with van der Waals surface area (Å²) in [5.41, 5.74) is 0.395. The van der Waals surface area contributed by atoms with Crippen LogP contribution in [0.2, 0.25) is 0 Å². The normalized spacial score (nSPS) is 13.4. The number of pyridine rings is 1. The highest BCUT2D eigenvalue weighted by Crippen LogP contribution is 2.32. The van der Waals surface area contributed by atoms with Gasteiger partial charge in [0.2, 0.25) is 17.5 Å². The van der Waals surface area contributed by atoms with Crippen molar-refractivity contribution in [1.29, 1.82) is 0 Å². The second-order valence-electron chi connectivity index (χ2n) is 8.28. The predicted molar refractivity (Wildman–Crippen MR) is 138 cm³/mol. The smallest absolute Gasteiger partial charge is 0.353 e. The molecule has 3 heterocycles. The van der Waals surface area contributed by atoms with E-state index in [2.05, 4.69) is 30.5 Å². The molecule has 5 rings (SSSR count). The van der Waals surface area contributed by atoms with Gasteiger partial charge in [-0.25, -0.2) is 15.0 Å². The quantitative estimate of drug-likeness (QED) is 0.300. The summed E-state index contributed by atoms with van der Waals surface area (Å²) in [5.74, 6) is 0.761. The molecule has 0 atom stereocenters. The first kappa shape index (κ1) is 23.0. The zero-order valence-corrected chi connectivity index (χ0v) is 19.4. The monoisotopic (exact) mass is 484 g/mol. The van der Waals surface area contributed by atoms with Crippen LogP contribution in [0, 0.1) is 10.1 Å². The van der Waals surface area contributed by atoms with Crippen LogP contribution in [0.3, 0.4) is 0 Å². The maximum absolute atomic E-state index is 12.6. The molecule has 0 aliphatic carbocycles. The third kappa shape index (κ3) is 4.99. The number of nitrogens with one attached hydrogen (secondary N) is 2. The van der Waals surface area contributed by atoms with E-state index < -0.39 is 4.92 Å². The predicted octanol–water partition coefficient (Wildman–Crippen LogP) is 3.31. The van der Waals surface area contributed by atoms with E-state index in [4.69, 9.17) is 0 Å². The van der Waals surface area contributed by atoms with Crippen LogP contribution in [0.1, 0.15) is 0 Å². The van der Waals surface area contributed by atoms with Crippen molar-refractivity contribution in [3.05, 3.63) is 83.3 Å². The molecule has 1 fully saturated rings. The van der Waals surface area contributed by atoms with Crippen molar-refractivity contribution in [2.24, 2.45) is 0 Å². The molecule has 11 nitrogen and oxygen atoms in total. The molecule has 0 radical (unpaired) electrons. The van der Waals surface area contributed by atoms with Crippen molar-refractivity contribution >= 4 is 45.5 Å². The lowest BCUT2D eigenvalue weighted by molar-refractivity contribution is -0.383. The molecule has 0 bridgehead atoms. The molecule has 1 saturated heterocycles. The van der Waals surface area contributed by atoms with Gasteiger partial charge >= 0.3 is 5.69 Å². The molecule has 1 amide bonds. The molecule has 36 heavy (non-hydrogen) atoms. The summed E-state index contributed by atoms with van der Waals surface area (Å²) in [7, 11) is 0. The molecule has 2 aromatic carbocycles. The highest BCUT2D eigenvalue weighted by Gasteiger charge is 2.29.